The molecule has 2 aromatic rings. The van der Waals surface area contributed by atoms with E-state index in [1.54, 1.807) is 12.1 Å². The summed E-state index contributed by atoms with van der Waals surface area (Å²) in [5.74, 6) is -0.678. The molecule has 2 aromatic carbocycles. The molecule has 0 spiro atoms. The third-order valence-corrected chi connectivity index (χ3v) is 3.41. The number of nitrogens with one attached hydrogen (secondary N) is 1. The van der Waals surface area contributed by atoms with Gasteiger partial charge in [-0.05, 0) is 31.2 Å². The molecule has 0 aromatic heterocycles. The molecule has 2 rings (SSSR count). The molecule has 5 heteroatoms. The van der Waals surface area contributed by atoms with Gasteiger partial charge in [0.2, 0.25) is 0 Å². The fraction of sp³-hybridized carbons (Fsp3) is 0.188. The number of carbonyl (C=O) groups is 1. The van der Waals surface area contributed by atoms with Crippen molar-refractivity contribution < 1.29 is 14.5 Å². The van der Waals surface area contributed by atoms with E-state index in [2.05, 4.69) is 5.32 Å². The molecule has 0 saturated carbocycles. The Bertz CT molecular complexity index is 633. The van der Waals surface area contributed by atoms with Gasteiger partial charge in [-0.2, -0.15) is 0 Å². The summed E-state index contributed by atoms with van der Waals surface area (Å²) in [6, 6.07) is 13.7. The van der Waals surface area contributed by atoms with E-state index in [9.17, 15) is 9.18 Å². The smallest absolute Gasteiger partial charge is 0.279 e. The van der Waals surface area contributed by atoms with Crippen LogP contribution >= 0.6 is 11.6 Å². The zero-order valence-corrected chi connectivity index (χ0v) is 12.4. The third-order valence-electron chi connectivity index (χ3n) is 3.18. The van der Waals surface area contributed by atoms with Crippen LogP contribution in [0.5, 0.6) is 0 Å². The largest absolute Gasteiger partial charge is 0.333 e. The highest BCUT2D eigenvalue weighted by molar-refractivity contribution is 6.30. The number of halogens is 2. The lowest BCUT2D eigenvalue weighted by atomic mass is 10.1. The van der Waals surface area contributed by atoms with Crippen molar-refractivity contribution in [1.29, 1.82) is 0 Å². The number of benzene rings is 2. The fourth-order valence-electron chi connectivity index (χ4n) is 1.97. The average molecular weight is 308 g/mol. The molecule has 1 amide bonds. The van der Waals surface area contributed by atoms with E-state index in [1.165, 1.54) is 12.1 Å². The van der Waals surface area contributed by atoms with Gasteiger partial charge in [0.15, 0.2) is 6.54 Å². The van der Waals surface area contributed by atoms with Gasteiger partial charge in [0.05, 0.1) is 5.69 Å². The molecule has 0 aliphatic rings. The van der Waals surface area contributed by atoms with Crippen LogP contribution in [0.25, 0.3) is 0 Å². The molecular formula is C16H17ClFN2O+. The lowest BCUT2D eigenvalue weighted by molar-refractivity contribution is -0.682. The number of amides is 1. The molecule has 0 bridgehead atoms. The highest BCUT2D eigenvalue weighted by Gasteiger charge is 2.13. The summed E-state index contributed by atoms with van der Waals surface area (Å²) in [5, 5.41) is 5.10. The van der Waals surface area contributed by atoms with Crippen molar-refractivity contribution in [3.63, 3.8) is 0 Å². The number of carbonyl (C=O) groups excluding carboxylic acids is 1. The van der Waals surface area contributed by atoms with Gasteiger partial charge >= 0.3 is 0 Å². The van der Waals surface area contributed by atoms with Crippen LogP contribution in [0.15, 0.2) is 48.5 Å². The predicted molar refractivity (Wildman–Crippen MR) is 81.7 cm³/mol. The Morgan fingerprint density at radius 1 is 1.29 bits per heavy atom. The van der Waals surface area contributed by atoms with Gasteiger partial charge in [-0.1, -0.05) is 35.9 Å². The van der Waals surface area contributed by atoms with E-state index in [0.29, 0.717) is 5.02 Å². The summed E-state index contributed by atoms with van der Waals surface area (Å²) in [4.78, 5) is 11.8. The van der Waals surface area contributed by atoms with Crippen LogP contribution in [0, 0.1) is 5.82 Å². The third kappa shape index (κ3) is 4.55. The fourth-order valence-corrected chi connectivity index (χ4v) is 2.17. The maximum atomic E-state index is 13.4. The first kappa shape index (κ1) is 15.5. The highest BCUT2D eigenvalue weighted by atomic mass is 35.5. The molecule has 0 heterocycles. The number of anilines is 1. The first-order valence-electron chi connectivity index (χ1n) is 6.69. The highest BCUT2D eigenvalue weighted by Crippen LogP contribution is 2.15. The molecule has 0 aliphatic carbocycles. The molecular weight excluding hydrogens is 291 g/mol. The number of quaternary nitrogens is 1. The summed E-state index contributed by atoms with van der Waals surface area (Å²) in [6.45, 7) is 2.20. The molecule has 0 saturated heterocycles. The van der Waals surface area contributed by atoms with Crippen molar-refractivity contribution in [2.45, 2.75) is 13.0 Å². The standard InChI is InChI=1S/C16H16ClFN2O/c1-11(12-5-4-6-13(17)9-12)19-10-16(21)20-15-8-3-2-7-14(15)18/h2-9,11,19H,10H2,1H3,(H,20,21)/p+1/t11-/m0/s1. The second-order valence-electron chi connectivity index (χ2n) is 4.81. The predicted octanol–water partition coefficient (Wildman–Crippen LogP) is 2.74. The molecule has 110 valence electrons. The maximum Gasteiger partial charge on any atom is 0.279 e. The number of rotatable bonds is 5. The van der Waals surface area contributed by atoms with Gasteiger partial charge < -0.3 is 10.6 Å². The first-order valence-corrected chi connectivity index (χ1v) is 7.07. The van der Waals surface area contributed by atoms with Gasteiger partial charge in [0, 0.05) is 10.6 Å². The monoisotopic (exact) mass is 307 g/mol. The van der Waals surface area contributed by atoms with E-state index in [1.807, 2.05) is 36.5 Å². The van der Waals surface area contributed by atoms with Crippen molar-refractivity contribution in [1.82, 2.24) is 0 Å². The topological polar surface area (TPSA) is 45.7 Å². The van der Waals surface area contributed by atoms with Crippen LogP contribution in [-0.4, -0.2) is 12.5 Å². The normalized spacial score (nSPS) is 12.0. The Kier molecular flexibility index (Phi) is 5.31. The van der Waals surface area contributed by atoms with Crippen LogP contribution in [0.1, 0.15) is 18.5 Å². The Balaban J connectivity index is 1.88. The number of hydrogen-bond acceptors (Lipinski definition) is 1. The molecule has 3 nitrogen and oxygen atoms in total. The Labute approximate surface area is 128 Å². The van der Waals surface area contributed by atoms with E-state index in [-0.39, 0.29) is 24.2 Å². The zero-order valence-electron chi connectivity index (χ0n) is 11.6. The van der Waals surface area contributed by atoms with Crippen LogP contribution in [0.4, 0.5) is 10.1 Å². The second kappa shape index (κ2) is 7.20. The summed E-state index contributed by atoms with van der Waals surface area (Å²) >= 11 is 5.94. The van der Waals surface area contributed by atoms with Crippen LogP contribution in [0.3, 0.4) is 0 Å². The molecule has 0 aliphatic heterocycles. The minimum Gasteiger partial charge on any atom is -0.333 e. The summed E-state index contributed by atoms with van der Waals surface area (Å²) in [6.07, 6.45) is 0. The summed E-state index contributed by atoms with van der Waals surface area (Å²) in [5.41, 5.74) is 1.24. The average Bonchev–Trinajstić information content (AvgIpc) is 2.47. The van der Waals surface area contributed by atoms with Gasteiger partial charge in [-0.15, -0.1) is 0 Å². The van der Waals surface area contributed by atoms with E-state index >= 15 is 0 Å². The van der Waals surface area contributed by atoms with Crippen molar-refractivity contribution in [3.05, 3.63) is 64.9 Å². The lowest BCUT2D eigenvalue weighted by Gasteiger charge is -2.11. The van der Waals surface area contributed by atoms with Gasteiger partial charge in [-0.3, -0.25) is 4.79 Å². The molecule has 0 unspecified atom stereocenters. The van der Waals surface area contributed by atoms with Crippen molar-refractivity contribution in [3.8, 4) is 0 Å². The van der Waals surface area contributed by atoms with Crippen molar-refractivity contribution in [2.24, 2.45) is 0 Å². The Morgan fingerprint density at radius 2 is 2.05 bits per heavy atom. The molecule has 1 atom stereocenters. The lowest BCUT2D eigenvalue weighted by Crippen LogP contribution is -2.86. The van der Waals surface area contributed by atoms with Gasteiger partial charge in [-0.25, -0.2) is 4.39 Å². The van der Waals surface area contributed by atoms with Crippen LogP contribution in [-0.2, 0) is 4.79 Å². The van der Waals surface area contributed by atoms with E-state index in [0.717, 1.165) is 5.56 Å². The SMILES string of the molecule is C[C@H]([NH2+]CC(=O)Nc1ccccc1F)c1cccc(Cl)c1. The molecule has 0 radical (unpaired) electrons. The number of para-hydroxylation sites is 1. The van der Waals surface area contributed by atoms with Crippen LogP contribution in [0.2, 0.25) is 5.02 Å². The van der Waals surface area contributed by atoms with Crippen molar-refractivity contribution in [2.75, 3.05) is 11.9 Å². The quantitative estimate of drug-likeness (QED) is 0.876. The van der Waals surface area contributed by atoms with Crippen LogP contribution < -0.4 is 10.6 Å². The Morgan fingerprint density at radius 3 is 2.76 bits per heavy atom. The zero-order chi connectivity index (χ0) is 15.2. The van der Waals surface area contributed by atoms with E-state index < -0.39 is 5.82 Å². The van der Waals surface area contributed by atoms with E-state index in [4.69, 9.17) is 11.6 Å². The summed E-state index contributed by atoms with van der Waals surface area (Å²) in [7, 11) is 0. The Hall–Kier alpha value is -1.91. The molecule has 3 N–H and O–H groups in total. The maximum absolute atomic E-state index is 13.4. The molecule has 21 heavy (non-hydrogen) atoms. The number of nitrogens with two attached hydrogens (primary N) is 1. The summed E-state index contributed by atoms with van der Waals surface area (Å²) < 4.78 is 13.4. The first-order chi connectivity index (χ1) is 10.1. The number of hydrogen-bond donors (Lipinski definition) is 2. The minimum atomic E-state index is -0.436. The van der Waals surface area contributed by atoms with Gasteiger partial charge in [0.25, 0.3) is 5.91 Å². The minimum absolute atomic E-state index is 0.0927. The van der Waals surface area contributed by atoms with Crippen molar-refractivity contribution >= 4 is 23.2 Å². The second-order valence-corrected chi connectivity index (χ2v) is 5.25. The van der Waals surface area contributed by atoms with Gasteiger partial charge in [0.1, 0.15) is 11.9 Å². The molecule has 0 fully saturated rings.